The maximum absolute atomic E-state index is 10.6. The number of carbonyl (C=O) groups is 2. The highest BCUT2D eigenvalue weighted by Crippen LogP contribution is 2.28. The van der Waals surface area contributed by atoms with Gasteiger partial charge in [-0.05, 0) is 21.0 Å². The molecule has 12 nitrogen and oxygen atoms in total. The van der Waals surface area contributed by atoms with Gasteiger partial charge in [-0.1, -0.05) is 5.21 Å². The monoisotopic (exact) mass is 575 g/mol. The van der Waals surface area contributed by atoms with Crippen molar-refractivity contribution < 1.29 is 50.9 Å². The van der Waals surface area contributed by atoms with E-state index in [1.807, 2.05) is 22.6 Å². The zero-order valence-corrected chi connectivity index (χ0v) is 21.7. The standard InChI is InChI=1S/C17H29N7O.2C2HF3O2/c1-5-24-17-15(13-25-7-6-21(2)3)11-23(12-16(17)19-20-24)10-14-8-18-22(4)9-14;2*3-2(4,5)1(6)7/h8-9,15H,5-7,10-13H2,1-4H3;2*(H,6,7). The summed E-state index contributed by atoms with van der Waals surface area (Å²) in [6, 6.07) is 0. The molecule has 0 saturated carbocycles. The minimum absolute atomic E-state index is 0.303. The van der Waals surface area contributed by atoms with Gasteiger partial charge in [-0.15, -0.1) is 5.10 Å². The highest BCUT2D eigenvalue weighted by Gasteiger charge is 2.39. The number of rotatable bonds is 8. The highest BCUT2D eigenvalue weighted by atomic mass is 19.4. The van der Waals surface area contributed by atoms with Gasteiger partial charge in [-0.3, -0.25) is 9.58 Å². The van der Waals surface area contributed by atoms with Gasteiger partial charge in [-0.2, -0.15) is 31.4 Å². The van der Waals surface area contributed by atoms with E-state index < -0.39 is 24.3 Å². The molecule has 0 amide bonds. The Hall–Kier alpha value is -3.25. The van der Waals surface area contributed by atoms with Crippen LogP contribution in [0, 0.1) is 0 Å². The summed E-state index contributed by atoms with van der Waals surface area (Å²) in [6.45, 7) is 8.01. The molecule has 18 heteroatoms. The smallest absolute Gasteiger partial charge is 0.475 e. The Morgan fingerprint density at radius 1 is 1.13 bits per heavy atom. The summed E-state index contributed by atoms with van der Waals surface area (Å²) in [5.41, 5.74) is 3.55. The van der Waals surface area contributed by atoms with Gasteiger partial charge < -0.3 is 19.8 Å². The molecule has 1 aliphatic rings. The molecule has 2 aromatic rings. The lowest BCUT2D eigenvalue weighted by molar-refractivity contribution is -0.193. The number of fused-ring (bicyclic) bond motifs is 1. The lowest BCUT2D eigenvalue weighted by atomic mass is 9.98. The molecule has 0 aliphatic carbocycles. The van der Waals surface area contributed by atoms with Crippen molar-refractivity contribution in [3.05, 3.63) is 29.3 Å². The maximum Gasteiger partial charge on any atom is 0.490 e. The Balaban J connectivity index is 0.000000449. The molecule has 1 atom stereocenters. The Kier molecular flexibility index (Phi) is 12.8. The fourth-order valence-electron chi connectivity index (χ4n) is 3.36. The van der Waals surface area contributed by atoms with Crippen molar-refractivity contribution in [3.8, 4) is 0 Å². The maximum atomic E-state index is 10.6. The number of alkyl halides is 6. The van der Waals surface area contributed by atoms with E-state index >= 15 is 0 Å². The molecule has 222 valence electrons. The topological polar surface area (TPSA) is 139 Å². The summed E-state index contributed by atoms with van der Waals surface area (Å²) >= 11 is 0. The van der Waals surface area contributed by atoms with Gasteiger partial charge in [0.05, 0.1) is 25.1 Å². The lowest BCUT2D eigenvalue weighted by Crippen LogP contribution is -2.36. The number of aromatic nitrogens is 5. The molecular weight excluding hydrogens is 544 g/mol. The van der Waals surface area contributed by atoms with Crippen LogP contribution in [-0.2, 0) is 41.0 Å². The Labute approximate surface area is 219 Å². The number of ether oxygens (including phenoxy) is 1. The molecule has 0 radical (unpaired) electrons. The number of carboxylic acid groups (broad SMARTS) is 2. The van der Waals surface area contributed by atoms with Gasteiger partial charge in [0.1, 0.15) is 5.69 Å². The molecule has 0 spiro atoms. The van der Waals surface area contributed by atoms with Crippen LogP contribution in [0.1, 0.15) is 29.8 Å². The molecule has 3 heterocycles. The van der Waals surface area contributed by atoms with E-state index in [-0.39, 0.29) is 0 Å². The van der Waals surface area contributed by atoms with Gasteiger partial charge in [0, 0.05) is 57.4 Å². The van der Waals surface area contributed by atoms with Crippen molar-refractivity contribution >= 4 is 11.9 Å². The molecule has 0 fully saturated rings. The van der Waals surface area contributed by atoms with Gasteiger partial charge in [0.2, 0.25) is 0 Å². The molecule has 1 aliphatic heterocycles. The van der Waals surface area contributed by atoms with E-state index in [0.717, 1.165) is 45.0 Å². The SMILES string of the molecule is CCn1nnc2c1C(COCCN(C)C)CN(Cc1cnn(C)c1)C2.O=C(O)C(F)(F)F.O=C(O)C(F)(F)F. The van der Waals surface area contributed by atoms with Gasteiger partial charge in [-0.25, -0.2) is 14.3 Å². The summed E-state index contributed by atoms with van der Waals surface area (Å²) in [5.74, 6) is -5.21. The normalized spacial score (nSPS) is 15.6. The predicted octanol–water partition coefficient (Wildman–Crippen LogP) is 1.98. The Bertz CT molecular complexity index is 1030. The first-order valence-corrected chi connectivity index (χ1v) is 11.4. The second-order valence-corrected chi connectivity index (χ2v) is 8.61. The minimum Gasteiger partial charge on any atom is -0.475 e. The number of hydrogen-bond donors (Lipinski definition) is 2. The summed E-state index contributed by atoms with van der Waals surface area (Å²) in [5, 5.41) is 27.3. The largest absolute Gasteiger partial charge is 0.490 e. The average molecular weight is 576 g/mol. The quantitative estimate of drug-likeness (QED) is 0.355. The van der Waals surface area contributed by atoms with Crippen LogP contribution in [0.25, 0.3) is 0 Å². The van der Waals surface area contributed by atoms with Gasteiger partial charge in [0.25, 0.3) is 0 Å². The molecular formula is C21H31F6N7O5. The van der Waals surface area contributed by atoms with E-state index in [1.165, 1.54) is 11.3 Å². The van der Waals surface area contributed by atoms with E-state index in [9.17, 15) is 26.3 Å². The number of nitrogens with zero attached hydrogens (tertiary/aromatic N) is 7. The van der Waals surface area contributed by atoms with Crippen molar-refractivity contribution in [1.29, 1.82) is 0 Å². The zero-order valence-electron chi connectivity index (χ0n) is 21.7. The molecule has 2 N–H and O–H groups in total. The fourth-order valence-corrected chi connectivity index (χ4v) is 3.36. The first kappa shape index (κ1) is 33.8. The van der Waals surface area contributed by atoms with Crippen molar-refractivity contribution in [2.24, 2.45) is 7.05 Å². The zero-order chi connectivity index (χ0) is 30.0. The van der Waals surface area contributed by atoms with E-state index in [0.29, 0.717) is 12.5 Å². The lowest BCUT2D eigenvalue weighted by Gasteiger charge is -2.32. The molecule has 3 rings (SSSR count). The molecule has 39 heavy (non-hydrogen) atoms. The van der Waals surface area contributed by atoms with Crippen LogP contribution in [0.4, 0.5) is 26.3 Å². The highest BCUT2D eigenvalue weighted by molar-refractivity contribution is 5.73. The number of aryl methyl sites for hydroxylation is 2. The summed E-state index contributed by atoms with van der Waals surface area (Å²) in [4.78, 5) is 22.3. The first-order valence-electron chi connectivity index (χ1n) is 11.4. The molecule has 0 aromatic carbocycles. The third-order valence-electron chi connectivity index (χ3n) is 5.04. The van der Waals surface area contributed by atoms with E-state index in [1.54, 1.807) is 0 Å². The van der Waals surface area contributed by atoms with Gasteiger partial charge in [0.15, 0.2) is 0 Å². The van der Waals surface area contributed by atoms with Crippen molar-refractivity contribution in [2.75, 3.05) is 40.4 Å². The molecule has 0 bridgehead atoms. The first-order chi connectivity index (χ1) is 17.9. The van der Waals surface area contributed by atoms with Crippen LogP contribution in [-0.4, -0.2) is 109 Å². The summed E-state index contributed by atoms with van der Waals surface area (Å²) in [7, 11) is 6.08. The van der Waals surface area contributed by atoms with Crippen LogP contribution in [0.5, 0.6) is 0 Å². The van der Waals surface area contributed by atoms with Crippen molar-refractivity contribution in [3.63, 3.8) is 0 Å². The average Bonchev–Trinajstić information content (AvgIpc) is 3.41. The summed E-state index contributed by atoms with van der Waals surface area (Å²) in [6.07, 6.45) is -6.16. The second kappa shape index (κ2) is 14.8. The minimum atomic E-state index is -5.08. The van der Waals surface area contributed by atoms with Gasteiger partial charge >= 0.3 is 24.3 Å². The third kappa shape index (κ3) is 12.0. The van der Waals surface area contributed by atoms with Crippen LogP contribution >= 0.6 is 0 Å². The third-order valence-corrected chi connectivity index (χ3v) is 5.04. The van der Waals surface area contributed by atoms with E-state index in [4.69, 9.17) is 24.5 Å². The Morgan fingerprint density at radius 3 is 2.13 bits per heavy atom. The van der Waals surface area contributed by atoms with Crippen LogP contribution in [0.2, 0.25) is 0 Å². The van der Waals surface area contributed by atoms with Crippen LogP contribution in [0.3, 0.4) is 0 Å². The van der Waals surface area contributed by atoms with Crippen LogP contribution in [0.15, 0.2) is 12.4 Å². The van der Waals surface area contributed by atoms with Crippen LogP contribution < -0.4 is 0 Å². The van der Waals surface area contributed by atoms with Crippen molar-refractivity contribution in [2.45, 2.75) is 44.8 Å². The van der Waals surface area contributed by atoms with Crippen molar-refractivity contribution in [1.82, 2.24) is 34.6 Å². The number of likely N-dealkylation sites (N-methyl/N-ethyl adjacent to an activating group) is 1. The molecule has 2 aromatic heterocycles. The number of halogens is 6. The fraction of sp³-hybridized carbons (Fsp3) is 0.667. The second-order valence-electron chi connectivity index (χ2n) is 8.61. The predicted molar refractivity (Wildman–Crippen MR) is 123 cm³/mol. The molecule has 0 saturated heterocycles. The number of aliphatic carboxylic acids is 2. The Morgan fingerprint density at radius 2 is 1.69 bits per heavy atom. The number of carboxylic acids is 2. The number of hydrogen-bond acceptors (Lipinski definition) is 8. The molecule has 1 unspecified atom stereocenters. The summed E-state index contributed by atoms with van der Waals surface area (Å²) < 4.78 is 73.3. The van der Waals surface area contributed by atoms with E-state index in [2.05, 4.69) is 52.4 Å².